The minimum atomic E-state index is -0.202. The quantitative estimate of drug-likeness (QED) is 0.247. The van der Waals surface area contributed by atoms with Gasteiger partial charge in [0, 0.05) is 27.2 Å². The number of nitrogens with zero attached hydrogens (tertiary/aromatic N) is 1. The molecule has 1 amide bonds. The maximum Gasteiger partial charge on any atom is 0.255 e. The summed E-state index contributed by atoms with van der Waals surface area (Å²) in [5.41, 5.74) is 3.35. The highest BCUT2D eigenvalue weighted by Crippen LogP contribution is 2.34. The standard InChI is InChI=1S/C28H23ClN2O3/c1-2-3-16-33-20-13-10-18(11-14-20)27(32)30-19-12-15-26-25(17-19)31-28(34-26)23-8-4-7-22-21(23)6-5-9-24(22)29/h4-15,17H,2-3,16H2,1H3,(H,30,32). The molecule has 0 radical (unpaired) electrons. The topological polar surface area (TPSA) is 64.4 Å². The average molecular weight is 471 g/mol. The summed E-state index contributed by atoms with van der Waals surface area (Å²) in [5, 5.41) is 5.52. The second-order valence-electron chi connectivity index (χ2n) is 8.02. The zero-order valence-electron chi connectivity index (χ0n) is 18.7. The maximum absolute atomic E-state index is 12.7. The lowest BCUT2D eigenvalue weighted by atomic mass is 10.0. The third-order valence-corrected chi connectivity index (χ3v) is 5.96. The number of amides is 1. The lowest BCUT2D eigenvalue weighted by molar-refractivity contribution is 0.102. The summed E-state index contributed by atoms with van der Waals surface area (Å²) in [5.74, 6) is 1.06. The van der Waals surface area contributed by atoms with Gasteiger partial charge in [-0.15, -0.1) is 0 Å². The minimum absolute atomic E-state index is 0.202. The average Bonchev–Trinajstić information content (AvgIpc) is 3.28. The predicted molar refractivity (Wildman–Crippen MR) is 137 cm³/mol. The highest BCUT2D eigenvalue weighted by molar-refractivity contribution is 6.35. The van der Waals surface area contributed by atoms with Crippen LogP contribution in [0, 0.1) is 0 Å². The van der Waals surface area contributed by atoms with Crippen molar-refractivity contribution in [1.29, 1.82) is 0 Å². The highest BCUT2D eigenvalue weighted by atomic mass is 35.5. The van der Waals surface area contributed by atoms with Crippen LogP contribution < -0.4 is 10.1 Å². The maximum atomic E-state index is 12.7. The number of hydrogen-bond acceptors (Lipinski definition) is 4. The van der Waals surface area contributed by atoms with E-state index < -0.39 is 0 Å². The third-order valence-electron chi connectivity index (χ3n) is 5.63. The summed E-state index contributed by atoms with van der Waals surface area (Å²) in [7, 11) is 0. The van der Waals surface area contributed by atoms with Crippen molar-refractivity contribution in [2.75, 3.05) is 11.9 Å². The van der Waals surface area contributed by atoms with E-state index in [2.05, 4.69) is 17.2 Å². The molecule has 0 aliphatic heterocycles. The number of fused-ring (bicyclic) bond motifs is 2. The summed E-state index contributed by atoms with van der Waals surface area (Å²) in [4.78, 5) is 17.4. The van der Waals surface area contributed by atoms with Crippen molar-refractivity contribution >= 4 is 45.1 Å². The molecule has 1 aromatic heterocycles. The molecule has 6 heteroatoms. The minimum Gasteiger partial charge on any atom is -0.494 e. The van der Waals surface area contributed by atoms with Gasteiger partial charge in [-0.05, 0) is 66.4 Å². The molecule has 34 heavy (non-hydrogen) atoms. The Morgan fingerprint density at radius 1 is 1.00 bits per heavy atom. The van der Waals surface area contributed by atoms with Gasteiger partial charge in [-0.3, -0.25) is 4.79 Å². The first-order valence-corrected chi connectivity index (χ1v) is 11.6. The van der Waals surface area contributed by atoms with Crippen LogP contribution in [0.2, 0.25) is 5.02 Å². The van der Waals surface area contributed by atoms with E-state index in [0.717, 1.165) is 34.9 Å². The molecular weight excluding hydrogens is 448 g/mol. The molecule has 0 atom stereocenters. The predicted octanol–water partition coefficient (Wildman–Crippen LogP) is 7.73. The van der Waals surface area contributed by atoms with Crippen LogP contribution in [0.3, 0.4) is 0 Å². The van der Waals surface area contributed by atoms with Gasteiger partial charge >= 0.3 is 0 Å². The van der Waals surface area contributed by atoms with Gasteiger partial charge in [0.2, 0.25) is 5.89 Å². The van der Waals surface area contributed by atoms with Crippen LogP contribution in [-0.2, 0) is 0 Å². The van der Waals surface area contributed by atoms with Crippen molar-refractivity contribution in [3.05, 3.63) is 89.4 Å². The van der Waals surface area contributed by atoms with Crippen molar-refractivity contribution in [2.24, 2.45) is 0 Å². The van der Waals surface area contributed by atoms with Gasteiger partial charge in [0.05, 0.1) is 6.61 Å². The summed E-state index contributed by atoms with van der Waals surface area (Å²) in [6.45, 7) is 2.79. The Morgan fingerprint density at radius 3 is 2.62 bits per heavy atom. The Labute approximate surface area is 202 Å². The normalized spacial score (nSPS) is 11.1. The number of oxazole rings is 1. The van der Waals surface area contributed by atoms with E-state index >= 15 is 0 Å². The molecule has 0 spiro atoms. The van der Waals surface area contributed by atoms with Gasteiger partial charge in [-0.2, -0.15) is 0 Å². The highest BCUT2D eigenvalue weighted by Gasteiger charge is 2.14. The molecule has 4 aromatic carbocycles. The molecule has 0 bridgehead atoms. The van der Waals surface area contributed by atoms with Crippen molar-refractivity contribution in [3.63, 3.8) is 0 Å². The number of ether oxygens (including phenoxy) is 1. The summed E-state index contributed by atoms with van der Waals surface area (Å²) >= 11 is 6.35. The molecule has 0 saturated heterocycles. The van der Waals surface area contributed by atoms with Crippen LogP contribution in [0.15, 0.2) is 83.3 Å². The van der Waals surface area contributed by atoms with Crippen LogP contribution in [0.1, 0.15) is 30.1 Å². The van der Waals surface area contributed by atoms with Crippen LogP contribution >= 0.6 is 11.6 Å². The first kappa shape index (κ1) is 22.0. The lowest BCUT2D eigenvalue weighted by Crippen LogP contribution is -2.11. The number of carbonyl (C=O) groups is 1. The molecule has 0 aliphatic rings. The fourth-order valence-electron chi connectivity index (χ4n) is 3.82. The Hall–Kier alpha value is -3.83. The molecule has 1 heterocycles. The van der Waals surface area contributed by atoms with Gasteiger partial charge in [0.25, 0.3) is 5.91 Å². The van der Waals surface area contributed by atoms with Crippen LogP contribution in [0.5, 0.6) is 5.75 Å². The van der Waals surface area contributed by atoms with E-state index in [1.807, 2.05) is 54.6 Å². The van der Waals surface area contributed by atoms with E-state index in [1.165, 1.54) is 0 Å². The molecular formula is C28H23ClN2O3. The molecule has 170 valence electrons. The van der Waals surface area contributed by atoms with E-state index in [-0.39, 0.29) is 5.91 Å². The van der Waals surface area contributed by atoms with Gasteiger partial charge in [0.15, 0.2) is 5.58 Å². The summed E-state index contributed by atoms with van der Waals surface area (Å²) in [6, 6.07) is 24.2. The van der Waals surface area contributed by atoms with Crippen LogP contribution in [0.4, 0.5) is 5.69 Å². The summed E-state index contributed by atoms with van der Waals surface area (Å²) in [6.07, 6.45) is 2.08. The second kappa shape index (κ2) is 9.57. The number of benzene rings is 4. The SMILES string of the molecule is CCCCOc1ccc(C(=O)Nc2ccc3oc(-c4cccc5c(Cl)cccc45)nc3c2)cc1. The van der Waals surface area contributed by atoms with E-state index in [9.17, 15) is 4.79 Å². The monoisotopic (exact) mass is 470 g/mol. The van der Waals surface area contributed by atoms with E-state index in [4.69, 9.17) is 20.8 Å². The van der Waals surface area contributed by atoms with Gasteiger partial charge in [-0.1, -0.05) is 49.2 Å². The number of anilines is 1. The molecule has 5 rings (SSSR count). The molecule has 5 aromatic rings. The van der Waals surface area contributed by atoms with E-state index in [1.54, 1.807) is 24.3 Å². The number of rotatable bonds is 7. The zero-order valence-corrected chi connectivity index (χ0v) is 19.4. The van der Waals surface area contributed by atoms with Gasteiger partial charge in [-0.25, -0.2) is 4.98 Å². The Balaban J connectivity index is 1.36. The number of carbonyl (C=O) groups excluding carboxylic acids is 1. The van der Waals surface area contributed by atoms with Gasteiger partial charge < -0.3 is 14.5 Å². The van der Waals surface area contributed by atoms with Gasteiger partial charge in [0.1, 0.15) is 11.3 Å². The smallest absolute Gasteiger partial charge is 0.255 e. The zero-order chi connectivity index (χ0) is 23.5. The molecule has 0 fully saturated rings. The van der Waals surface area contributed by atoms with E-state index in [0.29, 0.717) is 39.9 Å². The number of aromatic nitrogens is 1. The Bertz CT molecular complexity index is 1470. The van der Waals surface area contributed by atoms with Crippen LogP contribution in [0.25, 0.3) is 33.3 Å². The molecule has 0 unspecified atom stereocenters. The number of nitrogens with one attached hydrogen (secondary N) is 1. The number of hydrogen-bond donors (Lipinski definition) is 1. The number of unbranched alkanes of at least 4 members (excludes halogenated alkanes) is 1. The van der Waals surface area contributed by atoms with Crippen LogP contribution in [-0.4, -0.2) is 17.5 Å². The first-order chi connectivity index (χ1) is 16.6. The lowest BCUT2D eigenvalue weighted by Gasteiger charge is -2.07. The molecule has 5 nitrogen and oxygen atoms in total. The Morgan fingerprint density at radius 2 is 1.79 bits per heavy atom. The number of halogens is 1. The Kier molecular flexibility index (Phi) is 6.19. The van der Waals surface area contributed by atoms with Crippen molar-refractivity contribution in [1.82, 2.24) is 4.98 Å². The van der Waals surface area contributed by atoms with Crippen molar-refractivity contribution in [2.45, 2.75) is 19.8 Å². The van der Waals surface area contributed by atoms with Crippen molar-refractivity contribution in [3.8, 4) is 17.2 Å². The fourth-order valence-corrected chi connectivity index (χ4v) is 4.06. The fraction of sp³-hybridized carbons (Fsp3) is 0.143. The first-order valence-electron chi connectivity index (χ1n) is 11.2. The van der Waals surface area contributed by atoms with Crippen molar-refractivity contribution < 1.29 is 13.9 Å². The largest absolute Gasteiger partial charge is 0.494 e. The summed E-state index contributed by atoms with van der Waals surface area (Å²) < 4.78 is 11.7. The molecule has 0 saturated carbocycles. The molecule has 0 aliphatic carbocycles. The molecule has 1 N–H and O–H groups in total. The third kappa shape index (κ3) is 4.47. The second-order valence-corrected chi connectivity index (χ2v) is 8.43.